The molecule has 1 aromatic heterocycles. The van der Waals surface area contributed by atoms with E-state index in [4.69, 9.17) is 16.6 Å². The molecule has 21 heavy (non-hydrogen) atoms. The van der Waals surface area contributed by atoms with Crippen LogP contribution in [0.3, 0.4) is 0 Å². The van der Waals surface area contributed by atoms with E-state index >= 15 is 0 Å². The van der Waals surface area contributed by atoms with Gasteiger partial charge >= 0.3 is 0 Å². The number of rotatable bonds is 1. The van der Waals surface area contributed by atoms with E-state index in [1.807, 2.05) is 46.4 Å². The fraction of sp³-hybridized carbons (Fsp3) is 0.667. The van der Waals surface area contributed by atoms with Crippen molar-refractivity contribution in [1.82, 2.24) is 15.3 Å². The summed E-state index contributed by atoms with van der Waals surface area (Å²) in [6.07, 6.45) is 0. The second-order valence-electron chi connectivity index (χ2n) is 7.00. The fourth-order valence-corrected chi connectivity index (χ4v) is 2.51. The van der Waals surface area contributed by atoms with Gasteiger partial charge in [0.2, 0.25) is 5.91 Å². The highest BCUT2D eigenvalue weighted by Crippen LogP contribution is 2.32. The van der Waals surface area contributed by atoms with Crippen LogP contribution < -0.4 is 10.2 Å². The Kier molecular flexibility index (Phi) is 3.91. The van der Waals surface area contributed by atoms with Crippen LogP contribution in [0, 0.1) is 6.92 Å². The van der Waals surface area contributed by atoms with Crippen molar-refractivity contribution in [3.63, 3.8) is 0 Å². The molecule has 0 saturated carbocycles. The highest BCUT2D eigenvalue weighted by molar-refractivity contribution is 6.30. The molecule has 1 aliphatic heterocycles. The molecule has 2 rings (SSSR count). The van der Waals surface area contributed by atoms with Crippen molar-refractivity contribution in [3.8, 4) is 0 Å². The molecule has 1 saturated heterocycles. The maximum absolute atomic E-state index is 12.1. The Labute approximate surface area is 131 Å². The Hall–Kier alpha value is -1.36. The number of carbonyl (C=O) groups is 1. The number of carbonyl (C=O) groups excluding carboxylic acids is 1. The third-order valence-corrected chi connectivity index (χ3v) is 4.21. The van der Waals surface area contributed by atoms with Gasteiger partial charge in [0, 0.05) is 24.1 Å². The Bertz CT molecular complexity index is 578. The van der Waals surface area contributed by atoms with E-state index in [1.165, 1.54) is 0 Å². The van der Waals surface area contributed by atoms with Gasteiger partial charge in [0.25, 0.3) is 0 Å². The molecule has 1 aliphatic rings. The smallest absolute Gasteiger partial charge is 0.245 e. The summed E-state index contributed by atoms with van der Waals surface area (Å²) in [5, 5.41) is 3.34. The second-order valence-corrected chi connectivity index (χ2v) is 7.36. The van der Waals surface area contributed by atoms with Crippen molar-refractivity contribution in [2.24, 2.45) is 0 Å². The predicted octanol–water partition coefficient (Wildman–Crippen LogP) is 2.45. The summed E-state index contributed by atoms with van der Waals surface area (Å²) >= 11 is 6.30. The maximum Gasteiger partial charge on any atom is 0.245 e. The van der Waals surface area contributed by atoms with E-state index in [1.54, 1.807) is 0 Å². The van der Waals surface area contributed by atoms with Gasteiger partial charge in [0.1, 0.15) is 22.3 Å². The minimum atomic E-state index is -0.657. The van der Waals surface area contributed by atoms with E-state index in [0.29, 0.717) is 24.1 Å². The van der Waals surface area contributed by atoms with Gasteiger partial charge in [-0.15, -0.1) is 0 Å². The number of nitrogens with one attached hydrogen (secondary N) is 1. The van der Waals surface area contributed by atoms with Crippen molar-refractivity contribution in [3.05, 3.63) is 16.5 Å². The van der Waals surface area contributed by atoms with Crippen molar-refractivity contribution in [1.29, 1.82) is 0 Å². The number of nitrogens with zero attached hydrogens (tertiary/aromatic N) is 3. The molecular formula is C15H23ClN4O. The molecule has 0 aliphatic carbocycles. The monoisotopic (exact) mass is 310 g/mol. The molecule has 2 heterocycles. The summed E-state index contributed by atoms with van der Waals surface area (Å²) < 4.78 is 0. The first-order valence-electron chi connectivity index (χ1n) is 7.15. The number of halogens is 1. The van der Waals surface area contributed by atoms with E-state index < -0.39 is 5.54 Å². The molecule has 5 nitrogen and oxygen atoms in total. The van der Waals surface area contributed by atoms with Crippen molar-refractivity contribution >= 4 is 23.3 Å². The Morgan fingerprint density at radius 1 is 1.29 bits per heavy atom. The summed E-state index contributed by atoms with van der Waals surface area (Å²) in [7, 11) is 0. The minimum absolute atomic E-state index is 0.000179. The van der Waals surface area contributed by atoms with E-state index in [9.17, 15) is 4.79 Å². The summed E-state index contributed by atoms with van der Waals surface area (Å²) in [6.45, 7) is 13.1. The standard InChI is InChI=1S/C15H23ClN4O/c1-9-10(16)18-12(14(2,3)4)19-11(9)20-8-7-17-13(21)15(20,5)6/h7-8H2,1-6H3,(H,17,21). The number of piperazine rings is 1. The predicted molar refractivity (Wildman–Crippen MR) is 84.9 cm³/mol. The summed E-state index contributed by atoms with van der Waals surface area (Å²) in [5.74, 6) is 1.44. The summed E-state index contributed by atoms with van der Waals surface area (Å²) in [6, 6.07) is 0. The highest BCUT2D eigenvalue weighted by Gasteiger charge is 2.39. The van der Waals surface area contributed by atoms with Crippen molar-refractivity contribution in [2.75, 3.05) is 18.0 Å². The first-order valence-corrected chi connectivity index (χ1v) is 7.53. The van der Waals surface area contributed by atoms with E-state index in [2.05, 4.69) is 10.3 Å². The van der Waals surface area contributed by atoms with Crippen LogP contribution in [0.15, 0.2) is 0 Å². The maximum atomic E-state index is 12.1. The minimum Gasteiger partial charge on any atom is -0.352 e. The van der Waals surface area contributed by atoms with E-state index in [0.717, 1.165) is 11.4 Å². The molecule has 1 aromatic rings. The van der Waals surface area contributed by atoms with E-state index in [-0.39, 0.29) is 11.3 Å². The molecule has 6 heteroatoms. The zero-order chi connectivity index (χ0) is 16.0. The molecule has 0 atom stereocenters. The van der Waals surface area contributed by atoms with Gasteiger partial charge in [-0.05, 0) is 20.8 Å². The largest absolute Gasteiger partial charge is 0.352 e. The molecule has 0 bridgehead atoms. The van der Waals surface area contributed by atoms with Gasteiger partial charge in [0.05, 0.1) is 0 Å². The Morgan fingerprint density at radius 3 is 2.48 bits per heavy atom. The number of hydrogen-bond donors (Lipinski definition) is 1. The van der Waals surface area contributed by atoms with Crippen LogP contribution in [0.2, 0.25) is 5.15 Å². The molecular weight excluding hydrogens is 288 g/mol. The lowest BCUT2D eigenvalue weighted by atomic mass is 9.95. The first kappa shape index (κ1) is 16.0. The van der Waals surface area contributed by atoms with Crippen LogP contribution in [0.5, 0.6) is 0 Å². The van der Waals surface area contributed by atoms with Crippen LogP contribution in [-0.2, 0) is 10.2 Å². The Balaban J connectivity index is 2.57. The molecule has 1 fully saturated rings. The first-order chi connectivity index (χ1) is 9.55. The number of hydrogen-bond acceptors (Lipinski definition) is 4. The van der Waals surface area contributed by atoms with Gasteiger partial charge in [-0.2, -0.15) is 0 Å². The van der Waals surface area contributed by atoms with Gasteiger partial charge < -0.3 is 10.2 Å². The fourth-order valence-electron chi connectivity index (χ4n) is 2.35. The van der Waals surface area contributed by atoms with Gasteiger partial charge in [0.15, 0.2) is 0 Å². The summed E-state index contributed by atoms with van der Waals surface area (Å²) in [4.78, 5) is 23.3. The average molecular weight is 311 g/mol. The molecule has 0 spiro atoms. The lowest BCUT2D eigenvalue weighted by molar-refractivity contribution is -0.126. The zero-order valence-corrected chi connectivity index (χ0v) is 14.3. The molecule has 116 valence electrons. The molecule has 0 unspecified atom stereocenters. The SMILES string of the molecule is Cc1c(Cl)nc(C(C)(C)C)nc1N1CCNC(=O)C1(C)C. The van der Waals surface area contributed by atoms with Gasteiger partial charge in [-0.3, -0.25) is 4.79 Å². The second kappa shape index (κ2) is 5.13. The number of anilines is 1. The van der Waals surface area contributed by atoms with Crippen molar-refractivity contribution in [2.45, 2.75) is 52.5 Å². The van der Waals surface area contributed by atoms with Crippen molar-refractivity contribution < 1.29 is 4.79 Å². The zero-order valence-electron chi connectivity index (χ0n) is 13.5. The van der Waals surface area contributed by atoms with Crippen LogP contribution in [0.25, 0.3) is 0 Å². The molecule has 0 aromatic carbocycles. The van der Waals surface area contributed by atoms with Crippen LogP contribution >= 0.6 is 11.6 Å². The Morgan fingerprint density at radius 2 is 1.90 bits per heavy atom. The number of aromatic nitrogens is 2. The number of amides is 1. The molecule has 1 N–H and O–H groups in total. The average Bonchev–Trinajstić information content (AvgIpc) is 2.35. The lowest BCUT2D eigenvalue weighted by Gasteiger charge is -2.42. The highest BCUT2D eigenvalue weighted by atomic mass is 35.5. The molecule has 1 amide bonds. The normalized spacial score (nSPS) is 18.6. The van der Waals surface area contributed by atoms with Gasteiger partial charge in [-0.1, -0.05) is 32.4 Å². The summed E-state index contributed by atoms with van der Waals surface area (Å²) in [5.41, 5.74) is -0.0446. The third-order valence-electron chi connectivity index (χ3n) is 3.84. The van der Waals surface area contributed by atoms with Crippen LogP contribution in [-0.4, -0.2) is 34.5 Å². The third kappa shape index (κ3) is 2.84. The molecule has 0 radical (unpaired) electrons. The lowest BCUT2D eigenvalue weighted by Crippen LogP contribution is -2.62. The quantitative estimate of drug-likeness (QED) is 0.810. The van der Waals surface area contributed by atoms with Gasteiger partial charge in [-0.25, -0.2) is 9.97 Å². The topological polar surface area (TPSA) is 58.1 Å². The van der Waals surface area contributed by atoms with Crippen LogP contribution in [0.1, 0.15) is 46.0 Å². The van der Waals surface area contributed by atoms with Crippen LogP contribution in [0.4, 0.5) is 5.82 Å².